The topological polar surface area (TPSA) is 24.6 Å². The molecular weight excluding hydrogens is 922 g/mol. The zero-order valence-corrected chi connectivity index (χ0v) is 46.6. The van der Waals surface area contributed by atoms with Crippen molar-refractivity contribution in [2.24, 2.45) is 0 Å². The van der Waals surface area contributed by atoms with Crippen LogP contribution in [0.2, 0.25) is 0 Å². The molecule has 5 heteroatoms. The number of hydrogen-bond donors (Lipinski definition) is 0. The fourth-order valence-electron chi connectivity index (χ4n) is 12.3. The number of benzene rings is 9. The number of nitrogens with zero attached hydrogens (tertiary/aromatic N) is 3. The third-order valence-corrected chi connectivity index (χ3v) is 16.6. The summed E-state index contributed by atoms with van der Waals surface area (Å²) in [6, 6.07) is 67.4. The van der Waals surface area contributed by atoms with Crippen LogP contribution in [0.25, 0.3) is 60.6 Å². The Morgan fingerprint density at radius 1 is 0.355 bits per heavy atom. The van der Waals surface area contributed by atoms with Crippen molar-refractivity contribution in [3.8, 4) is 16.8 Å². The molecule has 0 fully saturated rings. The molecule has 11 aromatic rings. The average molecular weight is 990 g/mol. The summed E-state index contributed by atoms with van der Waals surface area (Å²) >= 11 is 0. The molecule has 13 rings (SSSR count). The lowest BCUT2D eigenvalue weighted by molar-refractivity contribution is 0.590. The van der Waals surface area contributed by atoms with Crippen molar-refractivity contribution in [1.82, 2.24) is 4.57 Å². The highest BCUT2D eigenvalue weighted by atomic mass is 16.3. The van der Waals surface area contributed by atoms with Gasteiger partial charge in [-0.1, -0.05) is 168 Å². The molecule has 4 heterocycles. The van der Waals surface area contributed by atoms with E-state index in [2.05, 4.69) is 274 Å². The summed E-state index contributed by atoms with van der Waals surface area (Å²) in [6.07, 6.45) is 0. The average Bonchev–Trinajstić information content (AvgIpc) is 4.02. The number of aryl methyl sites for hydroxylation is 1. The Bertz CT molecular complexity index is 4140. The minimum absolute atomic E-state index is 0.0296. The molecule has 0 bridgehead atoms. The predicted molar refractivity (Wildman–Crippen MR) is 327 cm³/mol. The van der Waals surface area contributed by atoms with Crippen LogP contribution in [0, 0.1) is 6.92 Å². The second-order valence-electron chi connectivity index (χ2n) is 26.0. The lowest BCUT2D eigenvalue weighted by atomic mass is 9.33. The van der Waals surface area contributed by atoms with Gasteiger partial charge >= 0.3 is 0 Å². The summed E-state index contributed by atoms with van der Waals surface area (Å²) in [7, 11) is 0. The van der Waals surface area contributed by atoms with Gasteiger partial charge in [0.2, 0.25) is 0 Å². The first-order valence-corrected chi connectivity index (χ1v) is 27.4. The molecule has 2 aromatic heterocycles. The molecule has 0 atom stereocenters. The SMILES string of the molecule is Cc1cc2c3c(c1)N(c1ccc(-c4ccc5oc6ccccc6c5c4)cc1)c1cc4c(cc1B3c1cc(C(C)(C)C)ccc1N2c1ccc(C(C)(C)C)cc1)c1cc(C(C)(C)C)ccc1n4-c1ccc(C(C)(C)C)cc1. The number of hydrogen-bond acceptors (Lipinski definition) is 3. The smallest absolute Gasteiger partial charge is 0.252 e. The van der Waals surface area contributed by atoms with E-state index in [9.17, 15) is 0 Å². The molecule has 0 N–H and O–H groups in total. The summed E-state index contributed by atoms with van der Waals surface area (Å²) in [5.41, 5.74) is 25.3. The standard InChI is InChI=1S/C71H68BN3O/c1-43-36-63-67-64(37-43)75(50-27-18-44(19-28-50)45-20-35-66-56(38-45)53-16-14-15-17-65(53)76-66)62-42-61-55(54-39-48(70(8,9)10)25-33-59(54)73(61)51-29-21-46(22-30-51)68(2,3)4)41-58(62)72(67)57-40-49(71(11,12)13)26-34-60(57)74(63)52-31-23-47(24-32-52)69(5,6)7/h14-42H,1-13H3. The Kier molecular flexibility index (Phi) is 10.5. The molecule has 0 spiro atoms. The summed E-state index contributed by atoms with van der Waals surface area (Å²) in [4.78, 5) is 5.14. The van der Waals surface area contributed by atoms with Gasteiger partial charge in [0.15, 0.2) is 0 Å². The lowest BCUT2D eigenvalue weighted by Crippen LogP contribution is -2.61. The molecule has 9 aromatic carbocycles. The van der Waals surface area contributed by atoms with Gasteiger partial charge in [0, 0.05) is 61.4 Å². The monoisotopic (exact) mass is 990 g/mol. The van der Waals surface area contributed by atoms with Gasteiger partial charge in [-0.2, -0.15) is 0 Å². The summed E-state index contributed by atoms with van der Waals surface area (Å²) in [5, 5.41) is 4.81. The Hall–Kier alpha value is -7.76. The Balaban J connectivity index is 1.10. The molecule has 2 aliphatic rings. The molecular formula is C71H68BN3O. The number of para-hydroxylation sites is 1. The van der Waals surface area contributed by atoms with Crippen molar-refractivity contribution in [3.05, 3.63) is 204 Å². The van der Waals surface area contributed by atoms with E-state index < -0.39 is 0 Å². The van der Waals surface area contributed by atoms with Crippen LogP contribution >= 0.6 is 0 Å². The Morgan fingerprint density at radius 2 is 0.855 bits per heavy atom. The number of fused-ring (bicyclic) bond motifs is 10. The highest BCUT2D eigenvalue weighted by Crippen LogP contribution is 2.48. The van der Waals surface area contributed by atoms with E-state index in [4.69, 9.17) is 4.42 Å². The first-order valence-electron chi connectivity index (χ1n) is 27.4. The maximum absolute atomic E-state index is 6.26. The van der Waals surface area contributed by atoms with Gasteiger partial charge in [0.1, 0.15) is 11.2 Å². The molecule has 0 aliphatic carbocycles. The summed E-state index contributed by atoms with van der Waals surface area (Å²) < 4.78 is 8.78. The van der Waals surface area contributed by atoms with Gasteiger partial charge in [-0.15, -0.1) is 0 Å². The molecule has 0 saturated heterocycles. The van der Waals surface area contributed by atoms with Crippen LogP contribution in [0.3, 0.4) is 0 Å². The number of rotatable bonds is 4. The summed E-state index contributed by atoms with van der Waals surface area (Å²) in [5.74, 6) is 0. The quantitative estimate of drug-likeness (QED) is 0.164. The predicted octanol–water partition coefficient (Wildman–Crippen LogP) is 17.9. The third kappa shape index (κ3) is 7.63. The highest BCUT2D eigenvalue weighted by molar-refractivity contribution is 7.00. The second-order valence-corrected chi connectivity index (χ2v) is 26.0. The second kappa shape index (κ2) is 16.6. The van der Waals surface area contributed by atoms with E-state index in [0.29, 0.717) is 0 Å². The van der Waals surface area contributed by atoms with Crippen molar-refractivity contribution in [3.63, 3.8) is 0 Å². The van der Waals surface area contributed by atoms with E-state index in [1.165, 1.54) is 94.4 Å². The van der Waals surface area contributed by atoms with Gasteiger partial charge < -0.3 is 18.8 Å². The van der Waals surface area contributed by atoms with Crippen LogP contribution in [0.15, 0.2) is 180 Å². The van der Waals surface area contributed by atoms with Gasteiger partial charge in [-0.25, -0.2) is 0 Å². The fourth-order valence-corrected chi connectivity index (χ4v) is 12.3. The highest BCUT2D eigenvalue weighted by Gasteiger charge is 2.44. The first-order chi connectivity index (χ1) is 36.1. The van der Waals surface area contributed by atoms with Crippen molar-refractivity contribution in [2.45, 2.75) is 112 Å². The van der Waals surface area contributed by atoms with Crippen molar-refractivity contribution >= 4 is 101 Å². The maximum atomic E-state index is 6.26. The van der Waals surface area contributed by atoms with Crippen molar-refractivity contribution < 1.29 is 4.42 Å². The molecule has 76 heavy (non-hydrogen) atoms. The van der Waals surface area contributed by atoms with E-state index in [0.717, 1.165) is 44.4 Å². The van der Waals surface area contributed by atoms with Gasteiger partial charge in [0.05, 0.1) is 11.0 Å². The van der Waals surface area contributed by atoms with E-state index in [-0.39, 0.29) is 28.4 Å². The van der Waals surface area contributed by atoms with E-state index >= 15 is 0 Å². The van der Waals surface area contributed by atoms with Gasteiger partial charge in [-0.05, 0) is 175 Å². The number of furan rings is 1. The van der Waals surface area contributed by atoms with Gasteiger partial charge in [-0.3, -0.25) is 0 Å². The van der Waals surface area contributed by atoms with Gasteiger partial charge in [0.25, 0.3) is 6.71 Å². The molecule has 4 nitrogen and oxygen atoms in total. The molecule has 376 valence electrons. The molecule has 0 unspecified atom stereocenters. The Labute approximate surface area is 449 Å². The first kappa shape index (κ1) is 47.9. The largest absolute Gasteiger partial charge is 0.456 e. The Morgan fingerprint density at radius 3 is 1.49 bits per heavy atom. The van der Waals surface area contributed by atoms with Crippen molar-refractivity contribution in [2.75, 3.05) is 9.80 Å². The summed E-state index contributed by atoms with van der Waals surface area (Å²) in [6.45, 7) is 30.0. The maximum Gasteiger partial charge on any atom is 0.252 e. The minimum atomic E-state index is -0.0611. The third-order valence-electron chi connectivity index (χ3n) is 16.6. The molecule has 2 aliphatic heterocycles. The van der Waals surface area contributed by atoms with E-state index in [1.807, 2.05) is 6.07 Å². The van der Waals surface area contributed by atoms with Crippen LogP contribution in [0.5, 0.6) is 0 Å². The van der Waals surface area contributed by atoms with Crippen LogP contribution in [0.4, 0.5) is 34.1 Å². The lowest BCUT2D eigenvalue weighted by Gasteiger charge is -2.45. The van der Waals surface area contributed by atoms with Crippen LogP contribution in [-0.4, -0.2) is 11.3 Å². The van der Waals surface area contributed by atoms with E-state index in [1.54, 1.807) is 0 Å². The fraction of sp³-hybridized carbons (Fsp3) is 0.239. The van der Waals surface area contributed by atoms with Crippen LogP contribution in [-0.2, 0) is 21.7 Å². The normalized spacial score (nSPS) is 13.8. The number of anilines is 6. The van der Waals surface area contributed by atoms with Crippen LogP contribution in [0.1, 0.15) is 111 Å². The van der Waals surface area contributed by atoms with Crippen LogP contribution < -0.4 is 26.2 Å². The molecule has 0 saturated carbocycles. The molecule has 0 amide bonds. The molecule has 0 radical (unpaired) electrons. The van der Waals surface area contributed by atoms with Crippen molar-refractivity contribution in [1.29, 1.82) is 0 Å². The zero-order chi connectivity index (χ0) is 53.0. The number of aromatic nitrogens is 1. The minimum Gasteiger partial charge on any atom is -0.456 e. The zero-order valence-electron chi connectivity index (χ0n) is 46.6.